The summed E-state index contributed by atoms with van der Waals surface area (Å²) in [4.78, 5) is 8.08. The predicted molar refractivity (Wildman–Crippen MR) is 141 cm³/mol. The SMILES string of the molecule is CCNC(=NCc1ccc(OCCO)c(OC)c1)NCCc1c[nH]c2c(C)cccc12.I. The van der Waals surface area contributed by atoms with Crippen LogP contribution in [0.1, 0.15) is 23.6 Å². The van der Waals surface area contributed by atoms with E-state index in [-0.39, 0.29) is 37.2 Å². The fourth-order valence-electron chi connectivity index (χ4n) is 3.48. The molecule has 2 aromatic carbocycles. The van der Waals surface area contributed by atoms with Crippen molar-refractivity contribution >= 4 is 40.8 Å². The first-order valence-corrected chi connectivity index (χ1v) is 10.6. The van der Waals surface area contributed by atoms with Crippen LogP contribution in [0.4, 0.5) is 0 Å². The van der Waals surface area contributed by atoms with E-state index in [2.05, 4.69) is 53.9 Å². The number of ether oxygens (including phenoxy) is 2. The molecular formula is C24H33IN4O3. The fraction of sp³-hybridized carbons (Fsp3) is 0.375. The second kappa shape index (κ2) is 13.2. The van der Waals surface area contributed by atoms with E-state index in [0.29, 0.717) is 18.0 Å². The van der Waals surface area contributed by atoms with Crippen molar-refractivity contribution in [2.75, 3.05) is 33.4 Å². The van der Waals surface area contributed by atoms with Gasteiger partial charge in [0.25, 0.3) is 0 Å². The summed E-state index contributed by atoms with van der Waals surface area (Å²) in [6.45, 7) is 6.45. The Kier molecular flexibility index (Phi) is 10.6. The molecule has 0 amide bonds. The average Bonchev–Trinajstić information content (AvgIpc) is 3.20. The molecule has 8 heteroatoms. The second-order valence-corrected chi connectivity index (χ2v) is 7.24. The Morgan fingerprint density at radius 2 is 2.00 bits per heavy atom. The number of H-pyrrole nitrogens is 1. The van der Waals surface area contributed by atoms with E-state index in [9.17, 15) is 0 Å². The molecule has 3 aromatic rings. The van der Waals surface area contributed by atoms with Crippen LogP contribution in [0.3, 0.4) is 0 Å². The minimum atomic E-state index is -0.0366. The molecule has 0 saturated carbocycles. The summed E-state index contributed by atoms with van der Waals surface area (Å²) in [7, 11) is 1.60. The van der Waals surface area contributed by atoms with Crippen molar-refractivity contribution in [2.24, 2.45) is 4.99 Å². The molecule has 0 aliphatic rings. The molecule has 7 nitrogen and oxygen atoms in total. The van der Waals surface area contributed by atoms with E-state index in [0.717, 1.165) is 31.0 Å². The molecule has 0 fully saturated rings. The number of aryl methyl sites for hydroxylation is 1. The molecule has 0 saturated heterocycles. The molecule has 0 atom stereocenters. The van der Waals surface area contributed by atoms with Crippen LogP contribution in [-0.4, -0.2) is 49.5 Å². The quantitative estimate of drug-likeness (QED) is 0.175. The first kappa shape index (κ1) is 25.8. The number of fused-ring (bicyclic) bond motifs is 1. The largest absolute Gasteiger partial charge is 0.493 e. The van der Waals surface area contributed by atoms with Crippen molar-refractivity contribution in [2.45, 2.75) is 26.8 Å². The van der Waals surface area contributed by atoms with Gasteiger partial charge in [-0.05, 0) is 49.1 Å². The number of aromatic amines is 1. The smallest absolute Gasteiger partial charge is 0.191 e. The van der Waals surface area contributed by atoms with Crippen LogP contribution in [0.15, 0.2) is 47.6 Å². The van der Waals surface area contributed by atoms with Crippen LogP contribution >= 0.6 is 24.0 Å². The van der Waals surface area contributed by atoms with Crippen molar-refractivity contribution in [3.63, 3.8) is 0 Å². The van der Waals surface area contributed by atoms with Gasteiger partial charge in [-0.15, -0.1) is 24.0 Å². The Morgan fingerprint density at radius 1 is 1.16 bits per heavy atom. The maximum absolute atomic E-state index is 8.94. The molecule has 32 heavy (non-hydrogen) atoms. The van der Waals surface area contributed by atoms with Crippen LogP contribution < -0.4 is 20.1 Å². The first-order valence-electron chi connectivity index (χ1n) is 10.6. The molecule has 1 aromatic heterocycles. The van der Waals surface area contributed by atoms with Crippen molar-refractivity contribution in [1.29, 1.82) is 0 Å². The summed E-state index contributed by atoms with van der Waals surface area (Å²) >= 11 is 0. The van der Waals surface area contributed by atoms with Gasteiger partial charge in [-0.2, -0.15) is 0 Å². The summed E-state index contributed by atoms with van der Waals surface area (Å²) in [5, 5.41) is 16.9. The van der Waals surface area contributed by atoms with Gasteiger partial charge in [0, 0.05) is 30.2 Å². The monoisotopic (exact) mass is 552 g/mol. The van der Waals surface area contributed by atoms with Crippen LogP contribution in [0, 0.1) is 6.92 Å². The Labute approximate surface area is 206 Å². The third-order valence-electron chi connectivity index (χ3n) is 5.04. The Bertz CT molecular complexity index is 1020. The van der Waals surface area contributed by atoms with E-state index >= 15 is 0 Å². The molecule has 0 aliphatic carbocycles. The number of hydrogen-bond acceptors (Lipinski definition) is 4. The minimum absolute atomic E-state index is 0. The summed E-state index contributed by atoms with van der Waals surface area (Å²) in [6.07, 6.45) is 2.99. The van der Waals surface area contributed by atoms with Gasteiger partial charge in [-0.25, -0.2) is 4.99 Å². The topological polar surface area (TPSA) is 90.9 Å². The number of methoxy groups -OCH3 is 1. The molecule has 0 bridgehead atoms. The minimum Gasteiger partial charge on any atom is -0.493 e. The molecular weight excluding hydrogens is 519 g/mol. The molecule has 0 aliphatic heterocycles. The molecule has 3 rings (SSSR count). The summed E-state index contributed by atoms with van der Waals surface area (Å²) in [5.41, 5.74) is 4.77. The number of nitrogens with one attached hydrogen (secondary N) is 3. The lowest BCUT2D eigenvalue weighted by Crippen LogP contribution is -2.38. The molecule has 0 unspecified atom stereocenters. The number of aliphatic hydroxyl groups excluding tert-OH is 1. The van der Waals surface area contributed by atoms with Gasteiger partial charge in [0.2, 0.25) is 0 Å². The Hall–Kier alpha value is -2.46. The molecule has 0 radical (unpaired) electrons. The maximum Gasteiger partial charge on any atom is 0.191 e. The predicted octanol–water partition coefficient (Wildman–Crippen LogP) is 3.77. The second-order valence-electron chi connectivity index (χ2n) is 7.24. The number of aliphatic imine (C=N–C) groups is 1. The third kappa shape index (κ3) is 6.77. The van der Waals surface area contributed by atoms with Gasteiger partial charge in [-0.3, -0.25) is 0 Å². The zero-order chi connectivity index (χ0) is 22.1. The Balaban J connectivity index is 0.00000363. The van der Waals surface area contributed by atoms with Crippen molar-refractivity contribution in [3.8, 4) is 11.5 Å². The van der Waals surface area contributed by atoms with E-state index in [1.807, 2.05) is 18.2 Å². The lowest BCUT2D eigenvalue weighted by atomic mass is 10.1. The highest BCUT2D eigenvalue weighted by atomic mass is 127. The highest BCUT2D eigenvalue weighted by molar-refractivity contribution is 14.0. The molecule has 174 valence electrons. The van der Waals surface area contributed by atoms with Crippen LogP contribution in [0.2, 0.25) is 0 Å². The zero-order valence-electron chi connectivity index (χ0n) is 18.9. The molecule has 0 spiro atoms. The van der Waals surface area contributed by atoms with Gasteiger partial charge >= 0.3 is 0 Å². The number of hydrogen-bond donors (Lipinski definition) is 4. The molecule has 4 N–H and O–H groups in total. The van der Waals surface area contributed by atoms with Crippen LogP contribution in [-0.2, 0) is 13.0 Å². The number of nitrogens with zero attached hydrogens (tertiary/aromatic N) is 1. The third-order valence-corrected chi connectivity index (χ3v) is 5.04. The lowest BCUT2D eigenvalue weighted by Gasteiger charge is -2.13. The highest BCUT2D eigenvalue weighted by Gasteiger charge is 2.07. The lowest BCUT2D eigenvalue weighted by molar-refractivity contribution is 0.196. The van der Waals surface area contributed by atoms with Crippen LogP contribution in [0.25, 0.3) is 10.9 Å². The van der Waals surface area contributed by atoms with E-state index < -0.39 is 0 Å². The van der Waals surface area contributed by atoms with Gasteiger partial charge in [0.05, 0.1) is 20.3 Å². The number of para-hydroxylation sites is 1. The number of rotatable bonds is 10. The van der Waals surface area contributed by atoms with E-state index in [1.54, 1.807) is 7.11 Å². The molecule has 1 heterocycles. The van der Waals surface area contributed by atoms with E-state index in [4.69, 9.17) is 19.6 Å². The number of aromatic nitrogens is 1. The number of aliphatic hydroxyl groups is 1. The summed E-state index contributed by atoms with van der Waals surface area (Å²) in [5.74, 6) is 2.02. The number of benzene rings is 2. The standard InChI is InChI=1S/C24H32N4O3.HI/c1-4-25-24(26-11-10-19-16-27-23-17(2)6-5-7-20(19)23)28-15-18-8-9-21(31-13-12-29)22(14-18)30-3;/h5-9,14,16,27,29H,4,10-13,15H2,1-3H3,(H2,25,26,28);1H. The normalized spacial score (nSPS) is 11.2. The first-order chi connectivity index (χ1) is 15.2. The summed E-state index contributed by atoms with van der Waals surface area (Å²) < 4.78 is 10.9. The van der Waals surface area contributed by atoms with Gasteiger partial charge in [0.1, 0.15) is 6.61 Å². The average molecular weight is 552 g/mol. The fourth-order valence-corrected chi connectivity index (χ4v) is 3.48. The van der Waals surface area contributed by atoms with Gasteiger partial charge in [-0.1, -0.05) is 24.3 Å². The van der Waals surface area contributed by atoms with Crippen molar-refractivity contribution in [1.82, 2.24) is 15.6 Å². The highest BCUT2D eigenvalue weighted by Crippen LogP contribution is 2.28. The van der Waals surface area contributed by atoms with Crippen molar-refractivity contribution < 1.29 is 14.6 Å². The van der Waals surface area contributed by atoms with E-state index in [1.165, 1.54) is 22.0 Å². The zero-order valence-corrected chi connectivity index (χ0v) is 21.2. The summed E-state index contributed by atoms with van der Waals surface area (Å²) in [6, 6.07) is 12.1. The van der Waals surface area contributed by atoms with Crippen LogP contribution in [0.5, 0.6) is 11.5 Å². The van der Waals surface area contributed by atoms with Crippen molar-refractivity contribution in [3.05, 3.63) is 59.3 Å². The Morgan fingerprint density at radius 3 is 2.75 bits per heavy atom. The number of guanidine groups is 1. The maximum atomic E-state index is 8.94. The number of halogens is 1. The van der Waals surface area contributed by atoms with Gasteiger partial charge < -0.3 is 30.2 Å². The van der Waals surface area contributed by atoms with Gasteiger partial charge in [0.15, 0.2) is 17.5 Å².